The molecule has 4 heteroatoms. The third-order valence-electron chi connectivity index (χ3n) is 2.72. The summed E-state index contributed by atoms with van der Waals surface area (Å²) in [5.41, 5.74) is 0. The monoisotopic (exact) mass is 272 g/mol. The second kappa shape index (κ2) is 10.2. The van der Waals surface area contributed by atoms with Gasteiger partial charge in [-0.15, -0.1) is 0 Å². The van der Waals surface area contributed by atoms with Crippen molar-refractivity contribution in [2.75, 3.05) is 26.3 Å². The normalized spacial score (nSPS) is 10.6. The van der Waals surface area contributed by atoms with E-state index in [4.69, 9.17) is 21.4 Å². The second-order valence-corrected chi connectivity index (χ2v) is 4.74. The van der Waals surface area contributed by atoms with E-state index in [-0.39, 0.29) is 6.61 Å². The summed E-state index contributed by atoms with van der Waals surface area (Å²) in [5.74, 6) is 0.885. The molecular formula is C14H23ClNO2+. The van der Waals surface area contributed by atoms with Gasteiger partial charge in [-0.1, -0.05) is 11.6 Å². The zero-order chi connectivity index (χ0) is 13.1. The van der Waals surface area contributed by atoms with Crippen LogP contribution in [0.5, 0.6) is 5.75 Å². The Kier molecular flexibility index (Phi) is 8.65. The first-order valence-electron chi connectivity index (χ1n) is 6.64. The minimum Gasteiger partial charge on any atom is -0.494 e. The molecule has 0 radical (unpaired) electrons. The Labute approximate surface area is 114 Å². The van der Waals surface area contributed by atoms with Crippen LogP contribution in [-0.4, -0.2) is 31.4 Å². The first kappa shape index (κ1) is 15.3. The number of aliphatic hydroxyl groups excluding tert-OH is 1. The molecule has 1 aromatic carbocycles. The van der Waals surface area contributed by atoms with E-state index in [9.17, 15) is 0 Å². The van der Waals surface area contributed by atoms with Crippen LogP contribution in [-0.2, 0) is 0 Å². The number of ether oxygens (including phenoxy) is 1. The van der Waals surface area contributed by atoms with Crippen molar-refractivity contribution in [2.24, 2.45) is 0 Å². The van der Waals surface area contributed by atoms with Gasteiger partial charge in [-0.25, -0.2) is 0 Å². The number of quaternary nitrogens is 1. The van der Waals surface area contributed by atoms with Gasteiger partial charge in [-0.2, -0.15) is 0 Å². The Bertz CT molecular complexity index is 303. The van der Waals surface area contributed by atoms with Crippen molar-refractivity contribution < 1.29 is 15.2 Å². The van der Waals surface area contributed by atoms with Crippen molar-refractivity contribution in [3.05, 3.63) is 29.3 Å². The van der Waals surface area contributed by atoms with Crippen molar-refractivity contribution in [1.29, 1.82) is 0 Å². The molecule has 0 aliphatic carbocycles. The van der Waals surface area contributed by atoms with Crippen molar-refractivity contribution in [3.63, 3.8) is 0 Å². The van der Waals surface area contributed by atoms with Gasteiger partial charge in [0.1, 0.15) is 5.75 Å². The molecule has 0 aromatic heterocycles. The summed E-state index contributed by atoms with van der Waals surface area (Å²) in [6.07, 6.45) is 4.72. The Morgan fingerprint density at radius 1 is 1.00 bits per heavy atom. The maximum absolute atomic E-state index is 8.61. The topological polar surface area (TPSA) is 46.1 Å². The molecule has 0 spiro atoms. The Morgan fingerprint density at radius 2 is 1.72 bits per heavy atom. The zero-order valence-electron chi connectivity index (χ0n) is 10.8. The van der Waals surface area contributed by atoms with E-state index in [2.05, 4.69) is 5.32 Å². The quantitative estimate of drug-likeness (QED) is 0.639. The molecule has 0 heterocycles. The number of rotatable bonds is 10. The molecule has 102 valence electrons. The van der Waals surface area contributed by atoms with Crippen LogP contribution in [0.1, 0.15) is 25.7 Å². The van der Waals surface area contributed by atoms with Gasteiger partial charge in [0.15, 0.2) is 0 Å². The maximum Gasteiger partial charge on any atom is 0.119 e. The third-order valence-corrected chi connectivity index (χ3v) is 2.97. The lowest BCUT2D eigenvalue weighted by atomic mass is 10.2. The molecule has 3 N–H and O–H groups in total. The molecule has 0 aliphatic rings. The molecule has 0 saturated carbocycles. The molecule has 18 heavy (non-hydrogen) atoms. The first-order valence-corrected chi connectivity index (χ1v) is 7.01. The average Bonchev–Trinajstić information content (AvgIpc) is 2.39. The predicted octanol–water partition coefficient (Wildman–Crippen LogP) is 1.83. The minimum absolute atomic E-state index is 0.273. The SMILES string of the molecule is OCC[NH2+]CCCCCCOc1ccc(Cl)cc1. The molecule has 0 saturated heterocycles. The van der Waals surface area contributed by atoms with Crippen LogP contribution < -0.4 is 10.1 Å². The van der Waals surface area contributed by atoms with Crippen LogP contribution in [0.4, 0.5) is 0 Å². The number of benzene rings is 1. The summed E-state index contributed by atoms with van der Waals surface area (Å²) < 4.78 is 5.61. The fourth-order valence-corrected chi connectivity index (χ4v) is 1.83. The van der Waals surface area contributed by atoms with Crippen LogP contribution in [0.2, 0.25) is 5.02 Å². The van der Waals surface area contributed by atoms with Crippen LogP contribution in [0.25, 0.3) is 0 Å². The number of hydrogen-bond acceptors (Lipinski definition) is 2. The number of halogens is 1. The standard InChI is InChI=1S/C14H22ClNO2/c15-13-5-7-14(8-6-13)18-12-4-2-1-3-9-16-10-11-17/h5-8,16-17H,1-4,9-12H2/p+1. The Balaban J connectivity index is 1.91. The summed E-state index contributed by atoms with van der Waals surface area (Å²) in [7, 11) is 0. The van der Waals surface area contributed by atoms with E-state index in [1.165, 1.54) is 19.3 Å². The molecule has 0 unspecified atom stereocenters. The highest BCUT2D eigenvalue weighted by Gasteiger charge is 1.95. The zero-order valence-corrected chi connectivity index (χ0v) is 11.5. The Hall–Kier alpha value is -0.770. The fourth-order valence-electron chi connectivity index (χ4n) is 1.70. The second-order valence-electron chi connectivity index (χ2n) is 4.31. The van der Waals surface area contributed by atoms with Crippen LogP contribution in [0.15, 0.2) is 24.3 Å². The van der Waals surface area contributed by atoms with Crippen LogP contribution >= 0.6 is 11.6 Å². The molecule has 0 fully saturated rings. The van der Waals surface area contributed by atoms with Gasteiger partial charge in [0.05, 0.1) is 26.3 Å². The molecule has 0 bridgehead atoms. The minimum atomic E-state index is 0.273. The Morgan fingerprint density at radius 3 is 2.44 bits per heavy atom. The lowest BCUT2D eigenvalue weighted by Gasteiger charge is -2.05. The molecule has 0 amide bonds. The number of unbranched alkanes of at least 4 members (excludes halogenated alkanes) is 3. The molecular weight excluding hydrogens is 250 g/mol. The summed E-state index contributed by atoms with van der Waals surface area (Å²) in [4.78, 5) is 0. The smallest absolute Gasteiger partial charge is 0.119 e. The summed E-state index contributed by atoms with van der Waals surface area (Å²) in [6.45, 7) is 2.97. The van der Waals surface area contributed by atoms with Gasteiger partial charge >= 0.3 is 0 Å². The van der Waals surface area contributed by atoms with E-state index in [0.717, 1.165) is 36.9 Å². The highest BCUT2D eigenvalue weighted by Crippen LogP contribution is 2.15. The van der Waals surface area contributed by atoms with Gasteiger partial charge in [0.25, 0.3) is 0 Å². The number of hydrogen-bond donors (Lipinski definition) is 2. The fraction of sp³-hybridized carbons (Fsp3) is 0.571. The van der Waals surface area contributed by atoms with E-state index in [0.29, 0.717) is 0 Å². The van der Waals surface area contributed by atoms with Gasteiger partial charge in [-0.05, 0) is 49.9 Å². The van der Waals surface area contributed by atoms with Gasteiger partial charge in [0, 0.05) is 5.02 Å². The van der Waals surface area contributed by atoms with Gasteiger partial charge in [0.2, 0.25) is 0 Å². The molecule has 1 aromatic rings. The predicted molar refractivity (Wildman–Crippen MR) is 74.2 cm³/mol. The van der Waals surface area contributed by atoms with Crippen molar-refractivity contribution >= 4 is 11.6 Å². The molecule has 0 atom stereocenters. The van der Waals surface area contributed by atoms with Crippen LogP contribution in [0, 0.1) is 0 Å². The summed E-state index contributed by atoms with van der Waals surface area (Å²) in [5, 5.41) is 11.5. The van der Waals surface area contributed by atoms with Crippen LogP contribution in [0.3, 0.4) is 0 Å². The largest absolute Gasteiger partial charge is 0.494 e. The average molecular weight is 273 g/mol. The third kappa shape index (κ3) is 7.54. The van der Waals surface area contributed by atoms with Gasteiger partial charge in [-0.3, -0.25) is 0 Å². The molecule has 1 rings (SSSR count). The lowest BCUT2D eigenvalue weighted by molar-refractivity contribution is -0.656. The molecule has 3 nitrogen and oxygen atoms in total. The highest BCUT2D eigenvalue weighted by atomic mass is 35.5. The number of nitrogens with two attached hydrogens (primary N) is 1. The maximum atomic E-state index is 8.61. The van der Waals surface area contributed by atoms with E-state index >= 15 is 0 Å². The van der Waals surface area contributed by atoms with E-state index in [1.54, 1.807) is 0 Å². The summed E-state index contributed by atoms with van der Waals surface area (Å²) in [6, 6.07) is 7.47. The van der Waals surface area contributed by atoms with E-state index < -0.39 is 0 Å². The van der Waals surface area contributed by atoms with Crippen molar-refractivity contribution in [1.82, 2.24) is 0 Å². The lowest BCUT2D eigenvalue weighted by Crippen LogP contribution is -2.85. The summed E-state index contributed by atoms with van der Waals surface area (Å²) >= 11 is 5.79. The van der Waals surface area contributed by atoms with Crippen molar-refractivity contribution in [3.8, 4) is 5.75 Å². The highest BCUT2D eigenvalue weighted by molar-refractivity contribution is 6.30. The van der Waals surface area contributed by atoms with Gasteiger partial charge < -0.3 is 15.2 Å². The number of aliphatic hydroxyl groups is 1. The first-order chi connectivity index (χ1) is 8.83. The van der Waals surface area contributed by atoms with E-state index in [1.807, 2.05) is 24.3 Å². The van der Waals surface area contributed by atoms with Crippen molar-refractivity contribution in [2.45, 2.75) is 25.7 Å². The molecule has 0 aliphatic heterocycles.